The van der Waals surface area contributed by atoms with Crippen LogP contribution >= 0.6 is 11.8 Å². The molecule has 2 atom stereocenters. The van der Waals surface area contributed by atoms with Gasteiger partial charge in [0.15, 0.2) is 11.4 Å². The molecule has 0 bridgehead atoms. The molecule has 0 saturated carbocycles. The first kappa shape index (κ1) is 30.2. The monoisotopic (exact) mass is 575 g/mol. The van der Waals surface area contributed by atoms with Crippen LogP contribution in [0.5, 0.6) is 11.5 Å². The van der Waals surface area contributed by atoms with Crippen molar-refractivity contribution in [2.45, 2.75) is 44.6 Å². The Balaban J connectivity index is 1.54. The van der Waals surface area contributed by atoms with Crippen molar-refractivity contribution in [2.75, 3.05) is 26.0 Å². The van der Waals surface area contributed by atoms with Crippen LogP contribution < -0.4 is 9.47 Å². The minimum atomic E-state index is -1.13. The topological polar surface area (TPSA) is 82.1 Å². The smallest absolute Gasteiger partial charge is 0.415 e. The van der Waals surface area contributed by atoms with Crippen molar-refractivity contribution in [3.63, 3.8) is 0 Å². The molecule has 1 aliphatic rings. The molecule has 0 aromatic heterocycles. The number of esters is 1. The van der Waals surface area contributed by atoms with Crippen molar-refractivity contribution in [2.24, 2.45) is 11.8 Å². The summed E-state index contributed by atoms with van der Waals surface area (Å²) in [7, 11) is 0. The summed E-state index contributed by atoms with van der Waals surface area (Å²) in [4.78, 5) is 41.8. The van der Waals surface area contributed by atoms with E-state index in [0.717, 1.165) is 16.0 Å². The summed E-state index contributed by atoms with van der Waals surface area (Å²) in [5.41, 5.74) is 1.39. The number of carbonyl (C=O) groups is 3. The lowest BCUT2D eigenvalue weighted by molar-refractivity contribution is -0.158. The molecule has 1 aliphatic heterocycles. The molecule has 1 fully saturated rings. The van der Waals surface area contributed by atoms with Gasteiger partial charge in [-0.2, -0.15) is 0 Å². The van der Waals surface area contributed by atoms with Crippen molar-refractivity contribution >= 4 is 29.6 Å². The zero-order valence-corrected chi connectivity index (χ0v) is 25.0. The van der Waals surface area contributed by atoms with Crippen LogP contribution in [0, 0.1) is 18.8 Å². The summed E-state index contributed by atoms with van der Waals surface area (Å²) in [6.07, 6.45) is 2.13. The third-order valence-electron chi connectivity index (χ3n) is 7.23. The molecular weight excluding hydrogens is 538 g/mol. The van der Waals surface area contributed by atoms with Gasteiger partial charge in [0.2, 0.25) is 0 Å². The number of ether oxygens (including phenoxy) is 3. The summed E-state index contributed by atoms with van der Waals surface area (Å²) in [6, 6.07) is 22.4. The Hall–Kier alpha value is -3.78. The molecule has 0 N–H and O–H groups in total. The van der Waals surface area contributed by atoms with Crippen LogP contribution in [0.15, 0.2) is 77.7 Å². The zero-order chi connectivity index (χ0) is 29.6. The van der Waals surface area contributed by atoms with Crippen LogP contribution in [0.3, 0.4) is 0 Å². The van der Waals surface area contributed by atoms with Gasteiger partial charge < -0.3 is 19.1 Å². The number of amides is 1. The molecule has 0 spiro atoms. The molecule has 0 radical (unpaired) electrons. The third-order valence-corrected chi connectivity index (χ3v) is 7.97. The predicted octanol–water partition coefficient (Wildman–Crippen LogP) is 6.61. The van der Waals surface area contributed by atoms with E-state index in [4.69, 9.17) is 14.2 Å². The van der Waals surface area contributed by atoms with E-state index in [0.29, 0.717) is 30.0 Å². The van der Waals surface area contributed by atoms with E-state index in [2.05, 4.69) is 0 Å². The Bertz CT molecular complexity index is 1370. The first-order chi connectivity index (χ1) is 19.6. The van der Waals surface area contributed by atoms with E-state index in [1.54, 1.807) is 49.6 Å². The van der Waals surface area contributed by atoms with Crippen LogP contribution in [-0.4, -0.2) is 54.3 Å². The van der Waals surface area contributed by atoms with E-state index in [1.165, 1.54) is 0 Å². The SMILES string of the molecule is CCOC(=O)C(C)(C)Oc1ccc(C[C@H]2CN(C(=O)Oc3ccccc3)C[C@@H]2C(=O)c2ccc(SC)cc2)cc1C. The highest BCUT2D eigenvalue weighted by Crippen LogP contribution is 2.33. The highest BCUT2D eigenvalue weighted by molar-refractivity contribution is 7.98. The Morgan fingerprint density at radius 2 is 1.68 bits per heavy atom. The zero-order valence-electron chi connectivity index (χ0n) is 24.2. The number of aryl methyl sites for hydroxylation is 1. The minimum Gasteiger partial charge on any atom is -0.476 e. The second-order valence-corrected chi connectivity index (χ2v) is 11.6. The van der Waals surface area contributed by atoms with E-state index in [1.807, 2.05) is 73.8 Å². The molecule has 4 rings (SSSR count). The lowest BCUT2D eigenvalue weighted by Gasteiger charge is -2.25. The fourth-order valence-electron chi connectivity index (χ4n) is 5.02. The van der Waals surface area contributed by atoms with Gasteiger partial charge >= 0.3 is 12.1 Å². The van der Waals surface area contributed by atoms with Crippen LogP contribution in [0.1, 0.15) is 42.3 Å². The van der Waals surface area contributed by atoms with Crippen molar-refractivity contribution in [1.82, 2.24) is 4.90 Å². The van der Waals surface area contributed by atoms with E-state index < -0.39 is 17.7 Å². The maximum Gasteiger partial charge on any atom is 0.415 e. The van der Waals surface area contributed by atoms with Crippen molar-refractivity contribution in [3.05, 3.63) is 89.5 Å². The third kappa shape index (κ3) is 7.50. The lowest BCUT2D eigenvalue weighted by Crippen LogP contribution is -2.39. The van der Waals surface area contributed by atoms with Gasteiger partial charge in [-0.05, 0) is 87.7 Å². The minimum absolute atomic E-state index is 0.0190. The average molecular weight is 576 g/mol. The number of para-hydroxylation sites is 1. The quantitative estimate of drug-likeness (QED) is 0.153. The lowest BCUT2D eigenvalue weighted by atomic mass is 9.84. The first-order valence-corrected chi connectivity index (χ1v) is 15.0. The summed E-state index contributed by atoms with van der Waals surface area (Å²) < 4.78 is 16.8. The van der Waals surface area contributed by atoms with Crippen molar-refractivity contribution < 1.29 is 28.6 Å². The highest BCUT2D eigenvalue weighted by atomic mass is 32.2. The number of nitrogens with zero attached hydrogens (tertiary/aromatic N) is 1. The van der Waals surface area contributed by atoms with Crippen LogP contribution in [0.25, 0.3) is 0 Å². The number of benzene rings is 3. The van der Waals surface area contributed by atoms with E-state index in [9.17, 15) is 14.4 Å². The van der Waals surface area contributed by atoms with Gasteiger partial charge in [0, 0.05) is 29.5 Å². The number of thioether (sulfide) groups is 1. The molecule has 3 aromatic rings. The summed E-state index contributed by atoms with van der Waals surface area (Å²) in [6.45, 7) is 8.02. The van der Waals surface area contributed by atoms with E-state index in [-0.39, 0.29) is 30.8 Å². The standard InChI is InChI=1S/C33H37NO6S/c1-6-38-31(36)33(3,4)40-29-17-12-23(18-22(29)2)19-25-20-34(32(37)39-26-10-8-7-9-11-26)21-28(25)30(35)24-13-15-27(41-5)16-14-24/h7-18,25,28H,6,19-21H2,1-5H3/t25-,28-/m0/s1. The fourth-order valence-corrected chi connectivity index (χ4v) is 5.43. The van der Waals surface area contributed by atoms with Crippen LogP contribution in [0.4, 0.5) is 4.79 Å². The molecule has 1 heterocycles. The molecule has 216 valence electrons. The maximum absolute atomic E-state index is 13.7. The van der Waals surface area contributed by atoms with Crippen LogP contribution in [-0.2, 0) is 16.0 Å². The van der Waals surface area contributed by atoms with Gasteiger partial charge in [0.1, 0.15) is 11.5 Å². The van der Waals surface area contributed by atoms with E-state index >= 15 is 0 Å². The molecule has 0 unspecified atom stereocenters. The molecular formula is C33H37NO6S. The predicted molar refractivity (Wildman–Crippen MR) is 160 cm³/mol. The summed E-state index contributed by atoms with van der Waals surface area (Å²) in [5.74, 6) is 0.168. The number of Topliss-reactive ketones (excluding diaryl/α,β-unsaturated/α-hetero) is 1. The second-order valence-electron chi connectivity index (χ2n) is 10.7. The highest BCUT2D eigenvalue weighted by Gasteiger charge is 2.40. The average Bonchev–Trinajstić information content (AvgIpc) is 3.38. The second kappa shape index (κ2) is 13.3. The number of rotatable bonds is 10. The van der Waals surface area contributed by atoms with Gasteiger partial charge in [0.05, 0.1) is 6.61 Å². The Morgan fingerprint density at radius 1 is 0.976 bits per heavy atom. The molecule has 7 nitrogen and oxygen atoms in total. The number of ketones is 1. The molecule has 0 aliphatic carbocycles. The maximum atomic E-state index is 13.7. The van der Waals surface area contributed by atoms with Gasteiger partial charge in [0.25, 0.3) is 0 Å². The number of likely N-dealkylation sites (tertiary alicyclic amines) is 1. The largest absolute Gasteiger partial charge is 0.476 e. The number of hydrogen-bond donors (Lipinski definition) is 0. The molecule has 1 saturated heterocycles. The normalized spacial score (nSPS) is 16.8. The van der Waals surface area contributed by atoms with Crippen molar-refractivity contribution in [3.8, 4) is 11.5 Å². The first-order valence-electron chi connectivity index (χ1n) is 13.8. The molecule has 1 amide bonds. The Kier molecular flexibility index (Phi) is 9.76. The number of hydrogen-bond acceptors (Lipinski definition) is 7. The summed E-state index contributed by atoms with van der Waals surface area (Å²) in [5, 5.41) is 0. The van der Waals surface area contributed by atoms with Gasteiger partial charge in [-0.1, -0.05) is 42.5 Å². The van der Waals surface area contributed by atoms with Crippen LogP contribution in [0.2, 0.25) is 0 Å². The number of carbonyl (C=O) groups excluding carboxylic acids is 3. The van der Waals surface area contributed by atoms with Crippen molar-refractivity contribution in [1.29, 1.82) is 0 Å². The summed E-state index contributed by atoms with van der Waals surface area (Å²) >= 11 is 1.62. The Labute approximate surface area is 246 Å². The molecule has 3 aromatic carbocycles. The van der Waals surface area contributed by atoms with Gasteiger partial charge in [-0.3, -0.25) is 4.79 Å². The Morgan fingerprint density at radius 3 is 2.32 bits per heavy atom. The molecule has 41 heavy (non-hydrogen) atoms. The molecule has 8 heteroatoms. The van der Waals surface area contributed by atoms with Gasteiger partial charge in [-0.15, -0.1) is 11.8 Å². The van der Waals surface area contributed by atoms with Gasteiger partial charge in [-0.25, -0.2) is 9.59 Å². The fraction of sp³-hybridized carbons (Fsp3) is 0.364.